The van der Waals surface area contributed by atoms with Gasteiger partial charge in [0.1, 0.15) is 0 Å². The van der Waals surface area contributed by atoms with E-state index in [1.54, 1.807) is 0 Å². The van der Waals surface area contributed by atoms with E-state index < -0.39 is 0 Å². The molecular formula is C31H24N2. The number of hydrogen-bond donors (Lipinski definition) is 0. The maximum absolute atomic E-state index is 4.92. The lowest BCUT2D eigenvalue weighted by molar-refractivity contribution is 0.618. The average molecular weight is 425 g/mol. The zero-order valence-corrected chi connectivity index (χ0v) is 18.6. The van der Waals surface area contributed by atoms with Crippen molar-refractivity contribution in [2.24, 2.45) is 5.92 Å². The smallest absolute Gasteiger partial charge is 0.0749 e. The van der Waals surface area contributed by atoms with Crippen LogP contribution in [0.4, 0.5) is 17.1 Å². The molecule has 1 unspecified atom stereocenters. The molecule has 2 nitrogen and oxygen atoms in total. The van der Waals surface area contributed by atoms with Gasteiger partial charge < -0.3 is 4.90 Å². The Morgan fingerprint density at radius 1 is 0.758 bits per heavy atom. The number of rotatable bonds is 1. The fourth-order valence-corrected chi connectivity index (χ4v) is 6.24. The molecule has 1 spiro atoms. The molecule has 4 aromatic rings. The van der Waals surface area contributed by atoms with E-state index >= 15 is 0 Å². The van der Waals surface area contributed by atoms with E-state index in [4.69, 9.17) is 4.98 Å². The zero-order chi connectivity index (χ0) is 22.0. The molecule has 158 valence electrons. The Morgan fingerprint density at radius 2 is 1.39 bits per heavy atom. The minimum atomic E-state index is -0.323. The molecule has 0 fully saturated rings. The third-order valence-corrected chi connectivity index (χ3v) is 7.47. The van der Waals surface area contributed by atoms with Gasteiger partial charge in [0.25, 0.3) is 0 Å². The van der Waals surface area contributed by atoms with Gasteiger partial charge in [0.2, 0.25) is 0 Å². The number of nitrogens with zero attached hydrogens (tertiary/aromatic N) is 2. The minimum Gasteiger partial charge on any atom is -0.310 e. The summed E-state index contributed by atoms with van der Waals surface area (Å²) in [5, 5.41) is 0. The molecule has 3 aromatic carbocycles. The highest BCUT2D eigenvalue weighted by Crippen LogP contribution is 2.63. The molecule has 0 saturated carbocycles. The van der Waals surface area contributed by atoms with Crippen LogP contribution in [0.25, 0.3) is 5.57 Å². The first kappa shape index (κ1) is 18.6. The highest BCUT2D eigenvalue weighted by molar-refractivity contribution is 5.96. The maximum Gasteiger partial charge on any atom is 0.0749 e. The van der Waals surface area contributed by atoms with Crippen LogP contribution >= 0.6 is 0 Å². The van der Waals surface area contributed by atoms with Gasteiger partial charge >= 0.3 is 0 Å². The van der Waals surface area contributed by atoms with Gasteiger partial charge in [-0.05, 0) is 64.9 Å². The van der Waals surface area contributed by atoms with E-state index in [2.05, 4.69) is 115 Å². The highest BCUT2D eigenvalue weighted by Gasteiger charge is 2.53. The largest absolute Gasteiger partial charge is 0.310 e. The van der Waals surface area contributed by atoms with E-state index in [1.165, 1.54) is 44.9 Å². The molecule has 33 heavy (non-hydrogen) atoms. The number of aromatic nitrogens is 1. The van der Waals surface area contributed by atoms with Gasteiger partial charge in [-0.1, -0.05) is 79.7 Å². The first-order valence-electron chi connectivity index (χ1n) is 11.7. The predicted octanol–water partition coefficient (Wildman–Crippen LogP) is 7.56. The quantitative estimate of drug-likeness (QED) is 0.313. The highest BCUT2D eigenvalue weighted by atomic mass is 15.2. The summed E-state index contributed by atoms with van der Waals surface area (Å²) in [6.45, 7) is 2.32. The number of hydrogen-bond acceptors (Lipinski definition) is 2. The fourth-order valence-electron chi connectivity index (χ4n) is 6.24. The first-order valence-corrected chi connectivity index (χ1v) is 11.7. The molecule has 2 aliphatic carbocycles. The van der Waals surface area contributed by atoms with Gasteiger partial charge in [-0.15, -0.1) is 0 Å². The summed E-state index contributed by atoms with van der Waals surface area (Å²) in [5.74, 6) is 0.501. The summed E-state index contributed by atoms with van der Waals surface area (Å²) in [6.07, 6.45) is 7.63. The summed E-state index contributed by atoms with van der Waals surface area (Å²) < 4.78 is 0. The predicted molar refractivity (Wildman–Crippen MR) is 135 cm³/mol. The zero-order valence-electron chi connectivity index (χ0n) is 18.6. The van der Waals surface area contributed by atoms with Gasteiger partial charge in [0, 0.05) is 17.5 Å². The van der Waals surface area contributed by atoms with Crippen LogP contribution in [0.1, 0.15) is 35.7 Å². The van der Waals surface area contributed by atoms with Crippen molar-refractivity contribution in [3.63, 3.8) is 0 Å². The molecule has 1 atom stereocenters. The average Bonchev–Trinajstić information content (AvgIpc) is 3.15. The second-order valence-corrected chi connectivity index (χ2v) is 9.29. The molecule has 2 heteroatoms. The summed E-state index contributed by atoms with van der Waals surface area (Å²) >= 11 is 0. The molecule has 0 N–H and O–H groups in total. The standard InChI is InChI=1S/C31H24N2/c1-21-17-18-23-27(20-21)31(26-14-9-19-32-30(23)26)24-12-5-7-15-28(24)33(22-10-3-2-4-11-22)29-16-8-6-13-25(29)31/h2-19,21H,20H2,1H3. The van der Waals surface area contributed by atoms with Crippen molar-refractivity contribution < 1.29 is 0 Å². The summed E-state index contributed by atoms with van der Waals surface area (Å²) in [7, 11) is 0. The Kier molecular flexibility index (Phi) is 3.84. The van der Waals surface area contributed by atoms with Gasteiger partial charge in [-0.3, -0.25) is 4.98 Å². The normalized spacial score (nSPS) is 19.2. The molecule has 7 rings (SSSR count). The first-order chi connectivity index (χ1) is 16.3. The Bertz CT molecular complexity index is 1410. The van der Waals surface area contributed by atoms with Gasteiger partial charge in [0.15, 0.2) is 0 Å². The Hall–Kier alpha value is -3.91. The van der Waals surface area contributed by atoms with Crippen molar-refractivity contribution in [2.45, 2.75) is 18.8 Å². The topological polar surface area (TPSA) is 16.1 Å². The van der Waals surface area contributed by atoms with Gasteiger partial charge in [0.05, 0.1) is 22.5 Å². The van der Waals surface area contributed by atoms with Crippen LogP contribution in [-0.4, -0.2) is 4.98 Å². The van der Waals surface area contributed by atoms with Crippen molar-refractivity contribution in [1.82, 2.24) is 4.98 Å². The van der Waals surface area contributed by atoms with Crippen molar-refractivity contribution in [1.29, 1.82) is 0 Å². The van der Waals surface area contributed by atoms with Crippen LogP contribution in [0.3, 0.4) is 0 Å². The lowest BCUT2D eigenvalue weighted by Crippen LogP contribution is -2.37. The van der Waals surface area contributed by atoms with E-state index in [1.807, 2.05) is 6.20 Å². The van der Waals surface area contributed by atoms with Crippen LogP contribution in [-0.2, 0) is 5.41 Å². The Morgan fingerprint density at radius 3 is 2.12 bits per heavy atom. The molecule has 0 saturated heterocycles. The van der Waals surface area contributed by atoms with Crippen LogP contribution in [0.2, 0.25) is 0 Å². The molecule has 0 radical (unpaired) electrons. The van der Waals surface area contributed by atoms with E-state index in [9.17, 15) is 0 Å². The third kappa shape index (κ3) is 2.36. The number of fused-ring (bicyclic) bond motifs is 8. The number of pyridine rings is 1. The van der Waals surface area contributed by atoms with E-state index in [-0.39, 0.29) is 5.41 Å². The summed E-state index contributed by atoms with van der Waals surface area (Å²) in [6, 6.07) is 33.0. The summed E-state index contributed by atoms with van der Waals surface area (Å²) in [5.41, 5.74) is 11.3. The summed E-state index contributed by atoms with van der Waals surface area (Å²) in [4.78, 5) is 7.34. The maximum atomic E-state index is 4.92. The SMILES string of the molecule is CC1C=CC2=C(C1)C1(c3ccccc3N(c3ccccc3)c3ccccc31)c1cccnc12. The molecule has 1 aliphatic heterocycles. The number of benzene rings is 3. The van der Waals surface area contributed by atoms with Crippen molar-refractivity contribution in [2.75, 3.05) is 4.90 Å². The van der Waals surface area contributed by atoms with E-state index in [0.29, 0.717) is 5.92 Å². The molecule has 3 aliphatic rings. The number of para-hydroxylation sites is 3. The molecular weight excluding hydrogens is 400 g/mol. The van der Waals surface area contributed by atoms with Gasteiger partial charge in [-0.25, -0.2) is 0 Å². The Balaban J connectivity index is 1.64. The van der Waals surface area contributed by atoms with Crippen molar-refractivity contribution >= 4 is 22.6 Å². The number of anilines is 3. The van der Waals surface area contributed by atoms with Crippen LogP contribution < -0.4 is 4.90 Å². The van der Waals surface area contributed by atoms with Crippen molar-refractivity contribution in [3.8, 4) is 0 Å². The van der Waals surface area contributed by atoms with Crippen molar-refractivity contribution in [3.05, 3.63) is 137 Å². The van der Waals surface area contributed by atoms with Crippen LogP contribution in [0.5, 0.6) is 0 Å². The van der Waals surface area contributed by atoms with Crippen LogP contribution in [0.15, 0.2) is 115 Å². The van der Waals surface area contributed by atoms with E-state index in [0.717, 1.165) is 12.1 Å². The molecule has 0 amide bonds. The Labute approximate surface area is 194 Å². The molecule has 1 aromatic heterocycles. The number of allylic oxidation sites excluding steroid dienone is 4. The van der Waals surface area contributed by atoms with Gasteiger partial charge in [-0.2, -0.15) is 0 Å². The van der Waals surface area contributed by atoms with Crippen LogP contribution in [0, 0.1) is 5.92 Å². The lowest BCUT2D eigenvalue weighted by Gasteiger charge is -2.46. The minimum absolute atomic E-state index is 0.323. The third-order valence-electron chi connectivity index (χ3n) is 7.47. The monoisotopic (exact) mass is 424 g/mol. The second kappa shape index (κ2) is 6.79. The lowest BCUT2D eigenvalue weighted by atomic mass is 9.62. The molecule has 0 bridgehead atoms. The second-order valence-electron chi connectivity index (χ2n) is 9.29. The fraction of sp³-hybridized carbons (Fsp3) is 0.129. The molecule has 2 heterocycles.